The molecule has 0 aromatic heterocycles. The van der Waals surface area contributed by atoms with Crippen molar-refractivity contribution < 1.29 is 13.9 Å². The van der Waals surface area contributed by atoms with Gasteiger partial charge in [-0.1, -0.05) is 0 Å². The number of nitrogens with two attached hydrogens (primary N) is 1. The van der Waals surface area contributed by atoms with Gasteiger partial charge in [0.1, 0.15) is 0 Å². The number of carbonyl (C=O) groups excluding carboxylic acids is 1. The smallest absolute Gasteiger partial charge is 0.253 e. The average Bonchev–Trinajstić information content (AvgIpc) is 2.29. The highest BCUT2D eigenvalue weighted by Gasteiger charge is 2.13. The second-order valence-electron chi connectivity index (χ2n) is 3.36. The van der Waals surface area contributed by atoms with Gasteiger partial charge in [0.05, 0.1) is 7.11 Å². The summed E-state index contributed by atoms with van der Waals surface area (Å²) >= 11 is 0. The Morgan fingerprint density at radius 3 is 2.81 bits per heavy atom. The third-order valence-corrected chi connectivity index (χ3v) is 2.21. The summed E-state index contributed by atoms with van der Waals surface area (Å²) in [5.41, 5.74) is 5.73. The maximum absolute atomic E-state index is 13.1. The molecule has 4 nitrogen and oxygen atoms in total. The van der Waals surface area contributed by atoms with E-state index in [9.17, 15) is 9.18 Å². The number of likely N-dealkylation sites (N-methyl/N-ethyl adjacent to an activating group) is 1. The van der Waals surface area contributed by atoms with Crippen LogP contribution in [0, 0.1) is 5.82 Å². The highest BCUT2D eigenvalue weighted by Crippen LogP contribution is 2.18. The van der Waals surface area contributed by atoms with E-state index in [1.54, 1.807) is 7.05 Å². The van der Waals surface area contributed by atoms with Gasteiger partial charge < -0.3 is 15.4 Å². The fourth-order valence-corrected chi connectivity index (χ4v) is 1.31. The Balaban J connectivity index is 2.92. The number of nitrogens with zero attached hydrogens (tertiary/aromatic N) is 1. The molecule has 88 valence electrons. The second-order valence-corrected chi connectivity index (χ2v) is 3.36. The molecule has 0 radical (unpaired) electrons. The summed E-state index contributed by atoms with van der Waals surface area (Å²) < 4.78 is 17.9. The van der Waals surface area contributed by atoms with Gasteiger partial charge in [-0.2, -0.15) is 0 Å². The van der Waals surface area contributed by atoms with Gasteiger partial charge in [-0.25, -0.2) is 4.39 Å². The Labute approximate surface area is 93.8 Å². The first kappa shape index (κ1) is 12.4. The number of amides is 1. The fourth-order valence-electron chi connectivity index (χ4n) is 1.31. The number of benzene rings is 1. The molecule has 0 atom stereocenters. The zero-order valence-corrected chi connectivity index (χ0v) is 9.37. The van der Waals surface area contributed by atoms with Crippen LogP contribution in [0.15, 0.2) is 18.2 Å². The Hall–Kier alpha value is -1.62. The molecule has 1 aromatic carbocycles. The van der Waals surface area contributed by atoms with Crippen molar-refractivity contribution in [3.05, 3.63) is 29.6 Å². The van der Waals surface area contributed by atoms with Crippen LogP contribution in [-0.4, -0.2) is 38.1 Å². The van der Waals surface area contributed by atoms with Gasteiger partial charge in [0.2, 0.25) is 0 Å². The molecule has 0 heterocycles. The van der Waals surface area contributed by atoms with Crippen LogP contribution in [0.3, 0.4) is 0 Å². The van der Waals surface area contributed by atoms with E-state index in [0.717, 1.165) is 0 Å². The van der Waals surface area contributed by atoms with Gasteiger partial charge in [-0.05, 0) is 18.2 Å². The quantitative estimate of drug-likeness (QED) is 0.828. The Kier molecular flexibility index (Phi) is 4.25. The van der Waals surface area contributed by atoms with E-state index < -0.39 is 5.82 Å². The molecular formula is C11H15FN2O2. The molecular weight excluding hydrogens is 211 g/mol. The van der Waals surface area contributed by atoms with E-state index in [-0.39, 0.29) is 11.7 Å². The summed E-state index contributed by atoms with van der Waals surface area (Å²) in [5.74, 6) is -0.628. The Morgan fingerprint density at radius 1 is 1.56 bits per heavy atom. The molecule has 0 spiro atoms. The van der Waals surface area contributed by atoms with Crippen LogP contribution in [0.2, 0.25) is 0 Å². The second kappa shape index (κ2) is 5.46. The summed E-state index contributed by atoms with van der Waals surface area (Å²) in [4.78, 5) is 13.3. The van der Waals surface area contributed by atoms with E-state index >= 15 is 0 Å². The molecule has 1 aromatic rings. The maximum atomic E-state index is 13.1. The lowest BCUT2D eigenvalue weighted by Gasteiger charge is -2.16. The fraction of sp³-hybridized carbons (Fsp3) is 0.364. The zero-order valence-electron chi connectivity index (χ0n) is 9.37. The number of methoxy groups -OCH3 is 1. The highest BCUT2D eigenvalue weighted by atomic mass is 19.1. The van der Waals surface area contributed by atoms with Crippen LogP contribution in [0.4, 0.5) is 4.39 Å². The molecule has 0 aliphatic rings. The van der Waals surface area contributed by atoms with Gasteiger partial charge in [0.25, 0.3) is 5.91 Å². The first-order valence-electron chi connectivity index (χ1n) is 4.89. The van der Waals surface area contributed by atoms with E-state index in [1.807, 2.05) is 0 Å². The van der Waals surface area contributed by atoms with Crippen molar-refractivity contribution in [3.63, 3.8) is 0 Å². The first-order valence-corrected chi connectivity index (χ1v) is 4.89. The summed E-state index contributed by atoms with van der Waals surface area (Å²) in [6.07, 6.45) is 0. The molecule has 0 fully saturated rings. The highest BCUT2D eigenvalue weighted by molar-refractivity contribution is 5.94. The van der Waals surface area contributed by atoms with Crippen LogP contribution < -0.4 is 10.5 Å². The van der Waals surface area contributed by atoms with Crippen molar-refractivity contribution in [2.75, 3.05) is 27.2 Å². The van der Waals surface area contributed by atoms with Gasteiger partial charge >= 0.3 is 0 Å². The summed E-state index contributed by atoms with van der Waals surface area (Å²) in [7, 11) is 3.00. The molecule has 0 unspecified atom stereocenters. The summed E-state index contributed by atoms with van der Waals surface area (Å²) in [6.45, 7) is 0.846. The van der Waals surface area contributed by atoms with Crippen molar-refractivity contribution in [1.82, 2.24) is 4.90 Å². The molecule has 1 rings (SSSR count). The van der Waals surface area contributed by atoms with E-state index in [4.69, 9.17) is 10.5 Å². The molecule has 16 heavy (non-hydrogen) atoms. The van der Waals surface area contributed by atoms with Crippen LogP contribution in [0.1, 0.15) is 10.4 Å². The number of rotatable bonds is 4. The monoisotopic (exact) mass is 226 g/mol. The van der Waals surface area contributed by atoms with Gasteiger partial charge in [-0.3, -0.25) is 4.79 Å². The van der Waals surface area contributed by atoms with Crippen molar-refractivity contribution in [2.24, 2.45) is 5.73 Å². The molecule has 0 bridgehead atoms. The number of halogens is 1. The standard InChI is InChI=1S/C11H15FN2O2/c1-14(6-5-13)11(15)8-3-4-9(12)10(7-8)16-2/h3-4,7H,5-6,13H2,1-2H3. The largest absolute Gasteiger partial charge is 0.494 e. The number of ether oxygens (including phenoxy) is 1. The average molecular weight is 226 g/mol. The molecule has 2 N–H and O–H groups in total. The third-order valence-electron chi connectivity index (χ3n) is 2.21. The van der Waals surface area contributed by atoms with Crippen LogP contribution >= 0.6 is 0 Å². The number of carbonyl (C=O) groups is 1. The van der Waals surface area contributed by atoms with Crippen molar-refractivity contribution in [2.45, 2.75) is 0 Å². The third kappa shape index (κ3) is 2.70. The molecule has 0 saturated heterocycles. The lowest BCUT2D eigenvalue weighted by Crippen LogP contribution is -2.31. The first-order chi connectivity index (χ1) is 7.60. The van der Waals surface area contributed by atoms with Gasteiger partial charge in [-0.15, -0.1) is 0 Å². The van der Waals surface area contributed by atoms with Crippen molar-refractivity contribution in [3.8, 4) is 5.75 Å². The molecule has 5 heteroatoms. The molecule has 1 amide bonds. The maximum Gasteiger partial charge on any atom is 0.253 e. The van der Waals surface area contributed by atoms with Gasteiger partial charge in [0.15, 0.2) is 11.6 Å². The minimum Gasteiger partial charge on any atom is -0.494 e. The predicted octanol–water partition coefficient (Wildman–Crippen LogP) is 0.865. The number of hydrogen-bond acceptors (Lipinski definition) is 3. The Morgan fingerprint density at radius 2 is 2.25 bits per heavy atom. The molecule has 0 saturated carbocycles. The summed E-state index contributed by atoms with van der Waals surface area (Å²) in [6, 6.07) is 4.01. The lowest BCUT2D eigenvalue weighted by atomic mass is 10.2. The molecule has 0 aliphatic heterocycles. The van der Waals surface area contributed by atoms with E-state index in [1.165, 1.54) is 30.2 Å². The van der Waals surface area contributed by atoms with Crippen LogP contribution in [-0.2, 0) is 0 Å². The van der Waals surface area contributed by atoms with E-state index in [0.29, 0.717) is 18.7 Å². The van der Waals surface area contributed by atoms with Crippen molar-refractivity contribution in [1.29, 1.82) is 0 Å². The summed E-state index contributed by atoms with van der Waals surface area (Å²) in [5, 5.41) is 0. The van der Waals surface area contributed by atoms with Crippen LogP contribution in [0.5, 0.6) is 5.75 Å². The topological polar surface area (TPSA) is 55.6 Å². The zero-order chi connectivity index (χ0) is 12.1. The van der Waals surface area contributed by atoms with Crippen molar-refractivity contribution >= 4 is 5.91 Å². The minimum absolute atomic E-state index is 0.0620. The predicted molar refractivity (Wildman–Crippen MR) is 59.0 cm³/mol. The number of hydrogen-bond donors (Lipinski definition) is 1. The van der Waals surface area contributed by atoms with Gasteiger partial charge in [0, 0.05) is 25.7 Å². The molecule has 0 aliphatic carbocycles. The minimum atomic E-state index is -0.486. The SMILES string of the molecule is COc1cc(C(=O)N(C)CCN)ccc1F. The Bertz CT molecular complexity index is 382. The normalized spacial score (nSPS) is 10.0. The van der Waals surface area contributed by atoms with Crippen LogP contribution in [0.25, 0.3) is 0 Å². The van der Waals surface area contributed by atoms with E-state index in [2.05, 4.69) is 0 Å². The lowest BCUT2D eigenvalue weighted by molar-refractivity contribution is 0.0798.